The molecule has 0 saturated carbocycles. The van der Waals surface area contributed by atoms with Gasteiger partial charge in [0.25, 0.3) is 0 Å². The Labute approximate surface area is 106 Å². The van der Waals surface area contributed by atoms with Gasteiger partial charge in [-0.05, 0) is 30.5 Å². The summed E-state index contributed by atoms with van der Waals surface area (Å²) < 4.78 is 0. The molecule has 0 fully saturated rings. The fourth-order valence-corrected chi connectivity index (χ4v) is 2.51. The highest BCUT2D eigenvalue weighted by Crippen LogP contribution is 2.17. The smallest absolute Gasteiger partial charge is 0.0972 e. The molecule has 2 aromatic rings. The highest BCUT2D eigenvalue weighted by molar-refractivity contribution is 7.09. The van der Waals surface area contributed by atoms with E-state index in [0.29, 0.717) is 6.42 Å². The Morgan fingerprint density at radius 3 is 2.82 bits per heavy atom. The van der Waals surface area contributed by atoms with E-state index >= 15 is 0 Å². The first-order valence-electron chi connectivity index (χ1n) is 5.55. The zero-order valence-corrected chi connectivity index (χ0v) is 10.8. The molecule has 86 valence electrons. The summed E-state index contributed by atoms with van der Waals surface area (Å²) in [5.74, 6) is 0. The van der Waals surface area contributed by atoms with E-state index in [1.54, 1.807) is 11.3 Å². The first kappa shape index (κ1) is 11.8. The lowest BCUT2D eigenvalue weighted by Crippen LogP contribution is -1.91. The van der Waals surface area contributed by atoms with Crippen LogP contribution in [0.25, 0.3) is 0 Å². The van der Waals surface area contributed by atoms with E-state index in [1.807, 2.05) is 5.38 Å². The number of aromatic nitrogens is 1. The number of thiazole rings is 1. The average molecular weight is 242 g/mol. The van der Waals surface area contributed by atoms with E-state index in [0.717, 1.165) is 17.1 Å². The van der Waals surface area contributed by atoms with Gasteiger partial charge in [-0.1, -0.05) is 18.2 Å². The average Bonchev–Trinajstić information content (AvgIpc) is 2.72. The SMILES string of the molecule is Cc1ccc(Cc2nc(CC#N)cs2)cc1C. The van der Waals surface area contributed by atoms with Crippen LogP contribution in [0.5, 0.6) is 0 Å². The van der Waals surface area contributed by atoms with Gasteiger partial charge in [-0.3, -0.25) is 0 Å². The molecule has 0 amide bonds. The minimum atomic E-state index is 0.406. The highest BCUT2D eigenvalue weighted by atomic mass is 32.1. The lowest BCUT2D eigenvalue weighted by atomic mass is 10.0. The predicted molar refractivity (Wildman–Crippen MR) is 70.2 cm³/mol. The van der Waals surface area contributed by atoms with E-state index in [9.17, 15) is 0 Å². The van der Waals surface area contributed by atoms with Crippen molar-refractivity contribution in [2.45, 2.75) is 26.7 Å². The van der Waals surface area contributed by atoms with Crippen LogP contribution in [-0.2, 0) is 12.8 Å². The number of benzene rings is 1. The molecule has 2 rings (SSSR count). The van der Waals surface area contributed by atoms with E-state index in [-0.39, 0.29) is 0 Å². The standard InChI is InChI=1S/C14H14N2S/c1-10-3-4-12(7-11(10)2)8-14-16-13(5-6-15)9-17-14/h3-4,7,9H,5,8H2,1-2H3. The van der Waals surface area contributed by atoms with Crippen LogP contribution in [0.4, 0.5) is 0 Å². The van der Waals surface area contributed by atoms with Gasteiger partial charge in [0, 0.05) is 11.8 Å². The number of aryl methyl sites for hydroxylation is 2. The second-order valence-corrected chi connectivity index (χ2v) is 5.11. The van der Waals surface area contributed by atoms with Gasteiger partial charge in [0.2, 0.25) is 0 Å². The molecule has 0 aliphatic rings. The van der Waals surface area contributed by atoms with Crippen molar-refractivity contribution in [2.75, 3.05) is 0 Å². The molecule has 0 bridgehead atoms. The van der Waals surface area contributed by atoms with Crippen molar-refractivity contribution >= 4 is 11.3 Å². The Kier molecular flexibility index (Phi) is 3.55. The Morgan fingerprint density at radius 1 is 1.29 bits per heavy atom. The molecule has 0 atom stereocenters. The maximum absolute atomic E-state index is 8.60. The number of nitrogens with zero attached hydrogens (tertiary/aromatic N) is 2. The third-order valence-corrected chi connectivity index (χ3v) is 3.68. The van der Waals surface area contributed by atoms with Crippen molar-refractivity contribution in [1.82, 2.24) is 4.98 Å². The van der Waals surface area contributed by atoms with E-state index in [4.69, 9.17) is 5.26 Å². The van der Waals surface area contributed by atoms with Crippen LogP contribution in [0.1, 0.15) is 27.4 Å². The first-order chi connectivity index (χ1) is 8.19. The summed E-state index contributed by atoms with van der Waals surface area (Å²) in [5.41, 5.74) is 4.80. The lowest BCUT2D eigenvalue weighted by molar-refractivity contribution is 1.06. The summed E-state index contributed by atoms with van der Waals surface area (Å²) in [6.45, 7) is 4.25. The molecule has 17 heavy (non-hydrogen) atoms. The predicted octanol–water partition coefficient (Wildman–Crippen LogP) is 3.42. The molecule has 0 saturated heterocycles. The maximum Gasteiger partial charge on any atom is 0.0972 e. The summed E-state index contributed by atoms with van der Waals surface area (Å²) in [7, 11) is 0. The summed E-state index contributed by atoms with van der Waals surface area (Å²) in [6, 6.07) is 8.62. The molecule has 0 N–H and O–H groups in total. The van der Waals surface area contributed by atoms with Crippen molar-refractivity contribution in [2.24, 2.45) is 0 Å². The van der Waals surface area contributed by atoms with Gasteiger partial charge >= 0.3 is 0 Å². The monoisotopic (exact) mass is 242 g/mol. The summed E-state index contributed by atoms with van der Waals surface area (Å²) in [5, 5.41) is 11.7. The Morgan fingerprint density at radius 2 is 2.12 bits per heavy atom. The largest absolute Gasteiger partial charge is 0.245 e. The van der Waals surface area contributed by atoms with E-state index < -0.39 is 0 Å². The third-order valence-electron chi connectivity index (χ3n) is 2.79. The molecule has 0 aliphatic carbocycles. The molecule has 1 aromatic heterocycles. The van der Waals surface area contributed by atoms with Crippen LogP contribution >= 0.6 is 11.3 Å². The lowest BCUT2D eigenvalue weighted by Gasteiger charge is -2.03. The van der Waals surface area contributed by atoms with Gasteiger partial charge < -0.3 is 0 Å². The second kappa shape index (κ2) is 5.11. The molecule has 0 aliphatic heterocycles. The molecular weight excluding hydrogens is 228 g/mol. The molecular formula is C14H14N2S. The van der Waals surface area contributed by atoms with Crippen LogP contribution in [0.15, 0.2) is 23.6 Å². The Hall–Kier alpha value is -1.66. The minimum Gasteiger partial charge on any atom is -0.245 e. The zero-order chi connectivity index (χ0) is 12.3. The Balaban J connectivity index is 2.14. The number of hydrogen-bond donors (Lipinski definition) is 0. The number of nitriles is 1. The molecule has 0 spiro atoms. The summed E-state index contributed by atoms with van der Waals surface area (Å²) in [4.78, 5) is 4.44. The van der Waals surface area contributed by atoms with E-state index in [2.05, 4.69) is 43.1 Å². The summed E-state index contributed by atoms with van der Waals surface area (Å²) in [6.07, 6.45) is 1.26. The highest BCUT2D eigenvalue weighted by Gasteiger charge is 2.04. The van der Waals surface area contributed by atoms with Crippen molar-refractivity contribution in [3.8, 4) is 6.07 Å². The van der Waals surface area contributed by atoms with Crippen LogP contribution in [0.3, 0.4) is 0 Å². The van der Waals surface area contributed by atoms with Gasteiger partial charge in [0.15, 0.2) is 0 Å². The van der Waals surface area contributed by atoms with Gasteiger partial charge in [0.05, 0.1) is 23.2 Å². The Bertz CT molecular complexity index is 564. The molecule has 0 unspecified atom stereocenters. The van der Waals surface area contributed by atoms with E-state index in [1.165, 1.54) is 16.7 Å². The number of hydrogen-bond acceptors (Lipinski definition) is 3. The molecule has 1 aromatic carbocycles. The molecule has 2 nitrogen and oxygen atoms in total. The molecule has 3 heteroatoms. The van der Waals surface area contributed by atoms with Gasteiger partial charge in [-0.2, -0.15) is 5.26 Å². The third kappa shape index (κ3) is 2.92. The fraction of sp³-hybridized carbons (Fsp3) is 0.286. The summed E-state index contributed by atoms with van der Waals surface area (Å²) >= 11 is 1.63. The fourth-order valence-electron chi connectivity index (χ4n) is 1.68. The topological polar surface area (TPSA) is 36.7 Å². The van der Waals surface area contributed by atoms with Crippen molar-refractivity contribution < 1.29 is 0 Å². The van der Waals surface area contributed by atoms with Crippen LogP contribution in [0.2, 0.25) is 0 Å². The number of rotatable bonds is 3. The zero-order valence-electron chi connectivity index (χ0n) is 10.0. The van der Waals surface area contributed by atoms with Crippen molar-refractivity contribution in [3.05, 3.63) is 51.0 Å². The molecule has 1 heterocycles. The van der Waals surface area contributed by atoms with Crippen molar-refractivity contribution in [1.29, 1.82) is 5.26 Å². The van der Waals surface area contributed by atoms with Crippen LogP contribution in [0, 0.1) is 25.2 Å². The first-order valence-corrected chi connectivity index (χ1v) is 6.43. The maximum atomic E-state index is 8.60. The van der Waals surface area contributed by atoms with Crippen LogP contribution < -0.4 is 0 Å². The van der Waals surface area contributed by atoms with Gasteiger partial charge in [-0.15, -0.1) is 11.3 Å². The van der Waals surface area contributed by atoms with Gasteiger partial charge in [0.1, 0.15) is 0 Å². The molecule has 0 radical (unpaired) electrons. The minimum absolute atomic E-state index is 0.406. The van der Waals surface area contributed by atoms with Crippen LogP contribution in [-0.4, -0.2) is 4.98 Å². The quantitative estimate of drug-likeness (QED) is 0.827. The second-order valence-electron chi connectivity index (χ2n) is 4.16. The van der Waals surface area contributed by atoms with Crippen molar-refractivity contribution in [3.63, 3.8) is 0 Å². The normalized spacial score (nSPS) is 10.2. The van der Waals surface area contributed by atoms with Gasteiger partial charge in [-0.25, -0.2) is 4.98 Å².